The van der Waals surface area contributed by atoms with E-state index in [2.05, 4.69) is 20.3 Å². The predicted molar refractivity (Wildman–Crippen MR) is 100 cm³/mol. The number of fused-ring (bicyclic) bond motifs is 3. The average Bonchev–Trinajstić information content (AvgIpc) is 3.34. The summed E-state index contributed by atoms with van der Waals surface area (Å²) in [4.78, 5) is 26.9. The first-order chi connectivity index (χ1) is 12.2. The van der Waals surface area contributed by atoms with E-state index in [4.69, 9.17) is 7.85 Å². The van der Waals surface area contributed by atoms with E-state index in [1.807, 2.05) is 0 Å². The number of nitrogens with one attached hydrogen (secondary N) is 1. The van der Waals surface area contributed by atoms with Crippen molar-refractivity contribution < 1.29 is 0 Å². The molecule has 2 radical (unpaired) electrons. The Morgan fingerprint density at radius 3 is 2.72 bits per heavy atom. The van der Waals surface area contributed by atoms with Crippen molar-refractivity contribution in [2.45, 2.75) is 18.9 Å². The van der Waals surface area contributed by atoms with E-state index in [0.29, 0.717) is 21.7 Å². The van der Waals surface area contributed by atoms with Crippen LogP contribution in [0.3, 0.4) is 0 Å². The molecular formula is C17H12BN5OS. The summed E-state index contributed by atoms with van der Waals surface area (Å²) >= 11 is 1.35. The molecule has 25 heavy (non-hydrogen) atoms. The molecule has 0 aliphatic heterocycles. The van der Waals surface area contributed by atoms with Gasteiger partial charge < -0.3 is 5.32 Å². The Morgan fingerprint density at radius 1 is 1.16 bits per heavy atom. The van der Waals surface area contributed by atoms with Crippen molar-refractivity contribution in [3.63, 3.8) is 0 Å². The van der Waals surface area contributed by atoms with Crippen molar-refractivity contribution in [1.29, 1.82) is 0 Å². The zero-order chi connectivity index (χ0) is 17.0. The number of anilines is 1. The molecule has 1 saturated carbocycles. The summed E-state index contributed by atoms with van der Waals surface area (Å²) in [5.74, 6) is 0.760. The number of thiophene rings is 1. The molecule has 0 unspecified atom stereocenters. The van der Waals surface area contributed by atoms with Gasteiger partial charge in [-0.3, -0.25) is 9.36 Å². The van der Waals surface area contributed by atoms with Gasteiger partial charge in [0.2, 0.25) is 0 Å². The van der Waals surface area contributed by atoms with Crippen LogP contribution >= 0.6 is 11.3 Å². The van der Waals surface area contributed by atoms with Gasteiger partial charge in [0.05, 0.1) is 11.1 Å². The lowest BCUT2D eigenvalue weighted by Gasteiger charge is -2.06. The van der Waals surface area contributed by atoms with Crippen LogP contribution in [0.5, 0.6) is 0 Å². The van der Waals surface area contributed by atoms with E-state index in [-0.39, 0.29) is 5.56 Å². The highest BCUT2D eigenvalue weighted by atomic mass is 32.1. The van der Waals surface area contributed by atoms with Gasteiger partial charge in [-0.05, 0) is 25.0 Å². The molecule has 0 saturated heterocycles. The summed E-state index contributed by atoms with van der Waals surface area (Å²) in [5, 5.41) is 4.23. The van der Waals surface area contributed by atoms with Crippen LogP contribution in [0.15, 0.2) is 41.7 Å². The standard InChI is InChI=1S/C17H12BN5OS/c18-9-1-5-11(6-2-9)23-8-21-13-12-15(22-10-3-4-10)19-7-20-16(12)25-14(13)17(23)24/h1-2,5-8,10H,3-4H2,(H,19,20,22). The minimum absolute atomic E-state index is 0.116. The van der Waals surface area contributed by atoms with Gasteiger partial charge >= 0.3 is 0 Å². The molecule has 0 spiro atoms. The highest BCUT2D eigenvalue weighted by Crippen LogP contribution is 2.35. The molecular weight excluding hydrogens is 333 g/mol. The first-order valence-corrected chi connectivity index (χ1v) is 8.79. The van der Waals surface area contributed by atoms with E-state index >= 15 is 0 Å². The Morgan fingerprint density at radius 2 is 1.96 bits per heavy atom. The van der Waals surface area contributed by atoms with Crippen LogP contribution in [0.4, 0.5) is 5.82 Å². The molecule has 0 amide bonds. The Kier molecular flexibility index (Phi) is 3.14. The van der Waals surface area contributed by atoms with Crippen molar-refractivity contribution >= 4 is 50.9 Å². The summed E-state index contributed by atoms with van der Waals surface area (Å²) < 4.78 is 2.10. The first kappa shape index (κ1) is 14.6. The van der Waals surface area contributed by atoms with Crippen molar-refractivity contribution in [3.05, 3.63) is 47.3 Å². The summed E-state index contributed by atoms with van der Waals surface area (Å²) in [6.07, 6.45) is 5.37. The lowest BCUT2D eigenvalue weighted by molar-refractivity contribution is 0.968. The van der Waals surface area contributed by atoms with Crippen molar-refractivity contribution in [3.8, 4) is 5.69 Å². The monoisotopic (exact) mass is 345 g/mol. The molecule has 0 bridgehead atoms. The van der Waals surface area contributed by atoms with Crippen LogP contribution in [0.1, 0.15) is 12.8 Å². The third-order valence-electron chi connectivity index (χ3n) is 4.27. The van der Waals surface area contributed by atoms with Crippen LogP contribution in [0, 0.1) is 0 Å². The van der Waals surface area contributed by atoms with Crippen LogP contribution in [0.2, 0.25) is 0 Å². The summed E-state index contributed by atoms with van der Waals surface area (Å²) in [6, 6.07) is 7.60. The number of benzene rings is 1. The lowest BCUT2D eigenvalue weighted by Crippen LogP contribution is -2.18. The number of hydrogen-bond acceptors (Lipinski definition) is 6. The molecule has 0 atom stereocenters. The van der Waals surface area contributed by atoms with Gasteiger partial charge in [0.1, 0.15) is 41.4 Å². The van der Waals surface area contributed by atoms with Crippen molar-refractivity contribution in [2.75, 3.05) is 5.32 Å². The molecule has 3 aromatic heterocycles. The van der Waals surface area contributed by atoms with Crippen LogP contribution in [-0.2, 0) is 0 Å². The second kappa shape index (κ2) is 5.39. The number of rotatable bonds is 3. The molecule has 4 aromatic rings. The van der Waals surface area contributed by atoms with Gasteiger partial charge in [0.25, 0.3) is 5.56 Å². The fourth-order valence-corrected chi connectivity index (χ4v) is 3.84. The molecule has 1 aromatic carbocycles. The second-order valence-electron chi connectivity index (χ2n) is 6.11. The molecule has 1 N–H and O–H groups in total. The van der Waals surface area contributed by atoms with Gasteiger partial charge in [-0.15, -0.1) is 11.3 Å². The van der Waals surface area contributed by atoms with Crippen LogP contribution < -0.4 is 16.3 Å². The predicted octanol–water partition coefficient (Wildman–Crippen LogP) is 1.76. The maximum absolute atomic E-state index is 13.0. The van der Waals surface area contributed by atoms with Gasteiger partial charge in [-0.2, -0.15) is 0 Å². The molecule has 5 rings (SSSR count). The average molecular weight is 345 g/mol. The molecule has 120 valence electrons. The van der Waals surface area contributed by atoms with E-state index in [1.54, 1.807) is 30.6 Å². The largest absolute Gasteiger partial charge is 0.367 e. The Hall–Kier alpha value is -2.74. The summed E-state index contributed by atoms with van der Waals surface area (Å²) in [5.41, 5.74) is 1.92. The summed E-state index contributed by atoms with van der Waals surface area (Å²) in [7, 11) is 5.72. The molecule has 1 fully saturated rings. The Bertz CT molecular complexity index is 1160. The third-order valence-corrected chi connectivity index (χ3v) is 5.34. The Balaban J connectivity index is 1.74. The molecule has 1 aliphatic carbocycles. The van der Waals surface area contributed by atoms with Gasteiger partial charge in [-0.1, -0.05) is 17.6 Å². The highest BCUT2D eigenvalue weighted by Gasteiger charge is 2.24. The van der Waals surface area contributed by atoms with Crippen molar-refractivity contribution in [2.24, 2.45) is 0 Å². The summed E-state index contributed by atoms with van der Waals surface area (Å²) in [6.45, 7) is 0. The fraction of sp³-hybridized carbons (Fsp3) is 0.176. The van der Waals surface area contributed by atoms with Gasteiger partial charge in [0, 0.05) is 6.04 Å². The Labute approximate surface area is 148 Å². The second-order valence-corrected chi connectivity index (χ2v) is 7.11. The lowest BCUT2D eigenvalue weighted by atomic mass is 9.96. The number of aromatic nitrogens is 4. The highest BCUT2D eigenvalue weighted by molar-refractivity contribution is 7.25. The SMILES string of the molecule is [B]c1ccc(-n2cnc3c(sc4ncnc(NC5CC5)c43)c2=O)cc1. The maximum atomic E-state index is 13.0. The fourth-order valence-electron chi connectivity index (χ4n) is 2.81. The normalized spacial score (nSPS) is 14.2. The molecule has 3 heterocycles. The molecule has 6 nitrogen and oxygen atoms in total. The quantitative estimate of drug-likeness (QED) is 0.573. The van der Waals surface area contributed by atoms with Crippen LogP contribution in [-0.4, -0.2) is 33.4 Å². The minimum Gasteiger partial charge on any atom is -0.367 e. The zero-order valence-electron chi connectivity index (χ0n) is 13.1. The molecule has 1 aliphatic rings. The van der Waals surface area contributed by atoms with Gasteiger partial charge in [-0.25, -0.2) is 15.0 Å². The zero-order valence-corrected chi connectivity index (χ0v) is 14.0. The minimum atomic E-state index is -0.116. The smallest absolute Gasteiger partial charge is 0.275 e. The maximum Gasteiger partial charge on any atom is 0.275 e. The topological polar surface area (TPSA) is 72.7 Å². The van der Waals surface area contributed by atoms with Crippen LogP contribution in [0.25, 0.3) is 26.1 Å². The van der Waals surface area contributed by atoms with E-state index in [1.165, 1.54) is 22.2 Å². The van der Waals surface area contributed by atoms with E-state index in [0.717, 1.165) is 34.6 Å². The van der Waals surface area contributed by atoms with Crippen molar-refractivity contribution in [1.82, 2.24) is 19.5 Å². The molecule has 8 heteroatoms. The van der Waals surface area contributed by atoms with E-state index in [9.17, 15) is 4.79 Å². The first-order valence-electron chi connectivity index (χ1n) is 7.98. The van der Waals surface area contributed by atoms with Gasteiger partial charge in [0.15, 0.2) is 0 Å². The number of hydrogen-bond donors (Lipinski definition) is 1. The van der Waals surface area contributed by atoms with E-state index < -0.39 is 0 Å². The third kappa shape index (κ3) is 2.41. The number of nitrogens with zero attached hydrogens (tertiary/aromatic N) is 4.